The van der Waals surface area contributed by atoms with Crippen LogP contribution in [-0.4, -0.2) is 11.0 Å². The number of halogens is 2. The molecule has 2 aromatic rings. The van der Waals surface area contributed by atoms with E-state index in [0.717, 1.165) is 25.3 Å². The minimum absolute atomic E-state index is 0.423. The van der Waals surface area contributed by atoms with Gasteiger partial charge in [-0.1, -0.05) is 29.8 Å². The number of aromatic nitrogens is 1. The van der Waals surface area contributed by atoms with Crippen molar-refractivity contribution >= 4 is 38.5 Å². The Morgan fingerprint density at radius 1 is 1.44 bits per heavy atom. The lowest BCUT2D eigenvalue weighted by molar-refractivity contribution is 0.459. The highest BCUT2D eigenvalue weighted by molar-refractivity contribution is 14.1. The Morgan fingerprint density at radius 3 is 2.94 bits per heavy atom. The van der Waals surface area contributed by atoms with Crippen LogP contribution in [0.25, 0.3) is 11.3 Å². The molecule has 0 unspecified atom stereocenters. The summed E-state index contributed by atoms with van der Waals surface area (Å²) < 4.78 is 7.94. The number of benzene rings is 1. The van der Waals surface area contributed by atoms with Gasteiger partial charge in [-0.15, -0.1) is 0 Å². The summed E-state index contributed by atoms with van der Waals surface area (Å²) in [5.41, 5.74) is 1.06. The van der Waals surface area contributed by atoms with Gasteiger partial charge in [0.1, 0.15) is 0 Å². The van der Waals surface area contributed by atoms with Gasteiger partial charge in [0, 0.05) is 19.6 Å². The van der Waals surface area contributed by atoms with Gasteiger partial charge >= 0.3 is 0 Å². The Kier molecular flexibility index (Phi) is 4.80. The third-order valence-corrected chi connectivity index (χ3v) is 3.84. The molecular weight excluding hydrogens is 407 g/mol. The Hall–Kier alpha value is -0.400. The van der Waals surface area contributed by atoms with Gasteiger partial charge in [0.15, 0.2) is 5.76 Å². The molecule has 0 saturated carbocycles. The summed E-state index contributed by atoms with van der Waals surface area (Å²) in [6, 6.07) is 6.53. The predicted octanol–water partition coefficient (Wildman–Crippen LogP) is 4.21. The van der Waals surface area contributed by atoms with Gasteiger partial charge in [0.25, 0.3) is 0 Å². The van der Waals surface area contributed by atoms with E-state index in [2.05, 4.69) is 68.7 Å². The van der Waals surface area contributed by atoms with Crippen LogP contribution < -0.4 is 5.32 Å². The molecule has 5 heteroatoms. The molecule has 1 aromatic carbocycles. The highest BCUT2D eigenvalue weighted by Crippen LogP contribution is 2.28. The first-order valence-corrected chi connectivity index (χ1v) is 7.57. The van der Waals surface area contributed by atoms with Crippen molar-refractivity contribution in [1.82, 2.24) is 10.3 Å². The van der Waals surface area contributed by atoms with E-state index in [0.29, 0.717) is 12.6 Å². The summed E-state index contributed by atoms with van der Waals surface area (Å²) in [6.07, 6.45) is 1.78. The fourth-order valence-corrected chi connectivity index (χ4v) is 2.46. The molecule has 1 heterocycles. The minimum atomic E-state index is 0.423. The molecule has 1 aromatic heterocycles. The summed E-state index contributed by atoms with van der Waals surface area (Å²) in [5.74, 6) is 1.52. The highest BCUT2D eigenvalue weighted by atomic mass is 127. The molecule has 1 N–H and O–H groups in total. The Labute approximate surface area is 129 Å². The molecular formula is C13H14BrIN2O. The number of oxazole rings is 1. The van der Waals surface area contributed by atoms with Gasteiger partial charge in [-0.3, -0.25) is 0 Å². The van der Waals surface area contributed by atoms with Gasteiger partial charge < -0.3 is 9.73 Å². The average molecular weight is 421 g/mol. The first-order chi connectivity index (χ1) is 8.56. The van der Waals surface area contributed by atoms with Crippen molar-refractivity contribution in [2.45, 2.75) is 26.4 Å². The van der Waals surface area contributed by atoms with Crippen LogP contribution in [0.1, 0.15) is 19.7 Å². The van der Waals surface area contributed by atoms with Gasteiger partial charge in [-0.2, -0.15) is 0 Å². The van der Waals surface area contributed by atoms with Crippen LogP contribution in [0.4, 0.5) is 0 Å². The molecule has 0 bridgehead atoms. The summed E-state index contributed by atoms with van der Waals surface area (Å²) in [6.45, 7) is 4.85. The SMILES string of the molecule is CC(C)NCc1ncc(-c2cc(Br)ccc2I)o1. The molecule has 0 saturated heterocycles. The molecule has 0 aliphatic carbocycles. The van der Waals surface area contributed by atoms with E-state index in [1.165, 1.54) is 0 Å². The second-order valence-electron chi connectivity index (χ2n) is 4.28. The Morgan fingerprint density at radius 2 is 2.22 bits per heavy atom. The lowest BCUT2D eigenvalue weighted by atomic mass is 10.2. The molecule has 0 radical (unpaired) electrons. The van der Waals surface area contributed by atoms with Crippen LogP contribution >= 0.6 is 38.5 Å². The van der Waals surface area contributed by atoms with E-state index in [-0.39, 0.29) is 0 Å². The monoisotopic (exact) mass is 420 g/mol. The number of rotatable bonds is 4. The maximum Gasteiger partial charge on any atom is 0.208 e. The third kappa shape index (κ3) is 3.55. The molecule has 2 rings (SSSR count). The minimum Gasteiger partial charge on any atom is -0.439 e. The first kappa shape index (κ1) is 14.0. The van der Waals surface area contributed by atoms with Gasteiger partial charge in [0.05, 0.1) is 12.7 Å². The topological polar surface area (TPSA) is 38.1 Å². The molecule has 0 spiro atoms. The summed E-state index contributed by atoms with van der Waals surface area (Å²) in [7, 11) is 0. The highest BCUT2D eigenvalue weighted by Gasteiger charge is 2.10. The standard InChI is InChI=1S/C13H14BrIN2O/c1-8(2)16-7-13-17-6-12(18-13)10-5-9(14)3-4-11(10)15/h3-6,8,16H,7H2,1-2H3. The van der Waals surface area contributed by atoms with Crippen molar-refractivity contribution in [3.63, 3.8) is 0 Å². The zero-order valence-electron chi connectivity index (χ0n) is 10.2. The van der Waals surface area contributed by atoms with Crippen LogP contribution in [0.5, 0.6) is 0 Å². The first-order valence-electron chi connectivity index (χ1n) is 5.70. The van der Waals surface area contributed by atoms with Gasteiger partial charge in [-0.25, -0.2) is 4.98 Å². The van der Waals surface area contributed by atoms with Crippen molar-refractivity contribution in [3.05, 3.63) is 38.3 Å². The molecule has 0 fully saturated rings. The van der Waals surface area contributed by atoms with E-state index >= 15 is 0 Å². The molecule has 0 atom stereocenters. The second-order valence-corrected chi connectivity index (χ2v) is 6.36. The predicted molar refractivity (Wildman–Crippen MR) is 84.3 cm³/mol. The van der Waals surface area contributed by atoms with Crippen molar-refractivity contribution in [2.75, 3.05) is 0 Å². The van der Waals surface area contributed by atoms with Crippen LogP contribution in [0, 0.1) is 3.57 Å². The fraction of sp³-hybridized carbons (Fsp3) is 0.308. The van der Waals surface area contributed by atoms with E-state index in [1.807, 2.05) is 12.1 Å². The van der Waals surface area contributed by atoms with E-state index in [4.69, 9.17) is 4.42 Å². The zero-order chi connectivity index (χ0) is 13.1. The lowest BCUT2D eigenvalue weighted by Gasteiger charge is -2.04. The van der Waals surface area contributed by atoms with Crippen LogP contribution in [0.2, 0.25) is 0 Å². The molecule has 96 valence electrons. The molecule has 0 aliphatic heterocycles. The van der Waals surface area contributed by atoms with Crippen LogP contribution in [0.3, 0.4) is 0 Å². The number of nitrogens with zero attached hydrogens (tertiary/aromatic N) is 1. The molecule has 3 nitrogen and oxygen atoms in total. The fourth-order valence-electron chi connectivity index (χ4n) is 1.49. The summed E-state index contributed by atoms with van der Waals surface area (Å²) >= 11 is 5.77. The van der Waals surface area contributed by atoms with Crippen molar-refractivity contribution < 1.29 is 4.42 Å². The quantitative estimate of drug-likeness (QED) is 0.753. The Balaban J connectivity index is 2.21. The van der Waals surface area contributed by atoms with Crippen LogP contribution in [-0.2, 0) is 6.54 Å². The van der Waals surface area contributed by atoms with Gasteiger partial charge in [0.2, 0.25) is 5.89 Å². The third-order valence-electron chi connectivity index (χ3n) is 2.41. The number of nitrogens with one attached hydrogen (secondary N) is 1. The summed E-state index contributed by atoms with van der Waals surface area (Å²) in [5, 5.41) is 3.29. The number of hydrogen-bond acceptors (Lipinski definition) is 3. The molecule has 18 heavy (non-hydrogen) atoms. The zero-order valence-corrected chi connectivity index (χ0v) is 13.9. The maximum atomic E-state index is 5.76. The van der Waals surface area contributed by atoms with Gasteiger partial charge in [-0.05, 0) is 40.8 Å². The van der Waals surface area contributed by atoms with Crippen molar-refractivity contribution in [3.8, 4) is 11.3 Å². The Bertz CT molecular complexity index is 540. The molecule has 0 amide bonds. The van der Waals surface area contributed by atoms with E-state index < -0.39 is 0 Å². The maximum absolute atomic E-state index is 5.76. The lowest BCUT2D eigenvalue weighted by Crippen LogP contribution is -2.21. The van der Waals surface area contributed by atoms with Crippen LogP contribution in [0.15, 0.2) is 33.3 Å². The summed E-state index contributed by atoms with van der Waals surface area (Å²) in [4.78, 5) is 4.29. The number of hydrogen-bond donors (Lipinski definition) is 1. The smallest absolute Gasteiger partial charge is 0.208 e. The van der Waals surface area contributed by atoms with Crippen molar-refractivity contribution in [1.29, 1.82) is 0 Å². The molecule has 0 aliphatic rings. The largest absolute Gasteiger partial charge is 0.439 e. The van der Waals surface area contributed by atoms with Crippen molar-refractivity contribution in [2.24, 2.45) is 0 Å². The average Bonchev–Trinajstić information content (AvgIpc) is 2.78. The normalized spacial score (nSPS) is 11.2. The van der Waals surface area contributed by atoms with E-state index in [1.54, 1.807) is 6.20 Å². The second kappa shape index (κ2) is 6.16. The van der Waals surface area contributed by atoms with E-state index in [9.17, 15) is 0 Å².